The van der Waals surface area contributed by atoms with E-state index in [0.717, 1.165) is 19.3 Å². The Kier molecular flexibility index (Phi) is 2.68. The molecule has 4 heteroatoms. The summed E-state index contributed by atoms with van der Waals surface area (Å²) in [5.74, 6) is -1.07. The number of hydrogen-bond donors (Lipinski definition) is 1. The third kappa shape index (κ3) is 1.81. The second kappa shape index (κ2) is 3.75. The zero-order valence-electron chi connectivity index (χ0n) is 9.73. The Morgan fingerprint density at radius 3 is 2.62 bits per heavy atom. The van der Waals surface area contributed by atoms with Crippen LogP contribution in [0.5, 0.6) is 0 Å². The average molecular weight is 226 g/mol. The van der Waals surface area contributed by atoms with Crippen molar-refractivity contribution in [2.45, 2.75) is 45.1 Å². The summed E-state index contributed by atoms with van der Waals surface area (Å²) >= 11 is 0. The molecule has 1 saturated carbocycles. The molecule has 1 heterocycles. The Labute approximate surface area is 95.0 Å². The second-order valence-corrected chi connectivity index (χ2v) is 5.42. The Hall–Kier alpha value is -1.06. The highest BCUT2D eigenvalue weighted by Crippen LogP contribution is 2.50. The van der Waals surface area contributed by atoms with Gasteiger partial charge in [-0.3, -0.25) is 4.79 Å². The van der Waals surface area contributed by atoms with Crippen LogP contribution < -0.4 is 0 Å². The van der Waals surface area contributed by atoms with Crippen LogP contribution in [-0.2, 0) is 14.3 Å². The lowest BCUT2D eigenvalue weighted by Crippen LogP contribution is -2.40. The van der Waals surface area contributed by atoms with Gasteiger partial charge in [0.05, 0.1) is 5.92 Å². The summed E-state index contributed by atoms with van der Waals surface area (Å²) in [6.45, 7) is 4.07. The van der Waals surface area contributed by atoms with E-state index in [1.54, 1.807) is 0 Å². The van der Waals surface area contributed by atoms with Crippen molar-refractivity contribution in [1.29, 1.82) is 0 Å². The van der Waals surface area contributed by atoms with Gasteiger partial charge in [0.15, 0.2) is 0 Å². The lowest BCUT2D eigenvalue weighted by Gasteiger charge is -2.22. The number of rotatable bonds is 4. The van der Waals surface area contributed by atoms with Crippen LogP contribution in [0.25, 0.3) is 0 Å². The maximum absolute atomic E-state index is 11.7. The Balaban J connectivity index is 2.13. The van der Waals surface area contributed by atoms with Gasteiger partial charge in [-0.2, -0.15) is 0 Å². The van der Waals surface area contributed by atoms with E-state index in [1.165, 1.54) is 0 Å². The minimum atomic E-state index is -1.20. The molecule has 1 saturated heterocycles. The van der Waals surface area contributed by atoms with Crippen molar-refractivity contribution in [3.8, 4) is 0 Å². The van der Waals surface area contributed by atoms with E-state index in [0.29, 0.717) is 12.3 Å². The van der Waals surface area contributed by atoms with Crippen LogP contribution in [-0.4, -0.2) is 22.6 Å². The predicted molar refractivity (Wildman–Crippen MR) is 56.7 cm³/mol. The van der Waals surface area contributed by atoms with E-state index in [-0.39, 0.29) is 17.8 Å². The fraction of sp³-hybridized carbons (Fsp3) is 0.833. The molecule has 1 N–H and O–H groups in total. The van der Waals surface area contributed by atoms with Crippen LogP contribution in [0.15, 0.2) is 0 Å². The minimum Gasteiger partial charge on any atom is -0.478 e. The van der Waals surface area contributed by atoms with Gasteiger partial charge in [0.2, 0.25) is 5.60 Å². The first-order valence-corrected chi connectivity index (χ1v) is 5.92. The third-order valence-corrected chi connectivity index (χ3v) is 3.52. The van der Waals surface area contributed by atoms with E-state index in [1.807, 2.05) is 13.8 Å². The molecular formula is C12H18O4. The zero-order chi connectivity index (χ0) is 11.9. The van der Waals surface area contributed by atoms with Crippen LogP contribution in [0.2, 0.25) is 0 Å². The molecule has 0 aromatic rings. The molecule has 16 heavy (non-hydrogen) atoms. The van der Waals surface area contributed by atoms with Gasteiger partial charge in [-0.15, -0.1) is 0 Å². The molecule has 2 aliphatic rings. The fourth-order valence-corrected chi connectivity index (χ4v) is 2.61. The quantitative estimate of drug-likeness (QED) is 0.743. The summed E-state index contributed by atoms with van der Waals surface area (Å²) in [4.78, 5) is 23.0. The third-order valence-electron chi connectivity index (χ3n) is 3.52. The van der Waals surface area contributed by atoms with Crippen LogP contribution >= 0.6 is 0 Å². The van der Waals surface area contributed by atoms with Crippen molar-refractivity contribution in [3.63, 3.8) is 0 Å². The maximum atomic E-state index is 11.7. The van der Waals surface area contributed by atoms with Crippen LogP contribution in [0, 0.1) is 17.8 Å². The van der Waals surface area contributed by atoms with Crippen molar-refractivity contribution < 1.29 is 19.4 Å². The largest absolute Gasteiger partial charge is 0.478 e. The van der Waals surface area contributed by atoms with Gasteiger partial charge in [-0.25, -0.2) is 4.79 Å². The number of carbonyl (C=O) groups excluding carboxylic acids is 1. The number of ether oxygens (including phenoxy) is 1. The van der Waals surface area contributed by atoms with Crippen molar-refractivity contribution >= 4 is 11.9 Å². The average Bonchev–Trinajstić information content (AvgIpc) is 2.93. The number of esters is 1. The van der Waals surface area contributed by atoms with Gasteiger partial charge in [-0.05, 0) is 25.2 Å². The molecule has 1 aliphatic heterocycles. The van der Waals surface area contributed by atoms with E-state index < -0.39 is 11.6 Å². The molecule has 0 amide bonds. The minimum absolute atomic E-state index is 0.0473. The van der Waals surface area contributed by atoms with Gasteiger partial charge in [0.25, 0.3) is 0 Å². The van der Waals surface area contributed by atoms with Crippen molar-refractivity contribution in [1.82, 2.24) is 0 Å². The fourth-order valence-electron chi connectivity index (χ4n) is 2.61. The molecule has 0 radical (unpaired) electrons. The smallest absolute Gasteiger partial charge is 0.348 e. The Morgan fingerprint density at radius 1 is 1.56 bits per heavy atom. The summed E-state index contributed by atoms with van der Waals surface area (Å²) in [6, 6.07) is 0. The second-order valence-electron chi connectivity index (χ2n) is 5.42. The molecule has 2 rings (SSSR count). The molecule has 2 unspecified atom stereocenters. The SMILES string of the molecule is CC(C)CC1CC(C(=O)O)(C2CC2)OC1=O. The lowest BCUT2D eigenvalue weighted by atomic mass is 9.86. The molecule has 2 atom stereocenters. The van der Waals surface area contributed by atoms with Gasteiger partial charge < -0.3 is 9.84 Å². The van der Waals surface area contributed by atoms with Crippen molar-refractivity contribution in [2.75, 3.05) is 0 Å². The molecule has 0 aromatic carbocycles. The highest BCUT2D eigenvalue weighted by atomic mass is 16.6. The first-order valence-electron chi connectivity index (χ1n) is 5.92. The normalized spacial score (nSPS) is 34.2. The molecule has 1 aliphatic carbocycles. The van der Waals surface area contributed by atoms with Crippen LogP contribution in [0.3, 0.4) is 0 Å². The Bertz CT molecular complexity index is 319. The highest BCUT2D eigenvalue weighted by Gasteiger charge is 2.60. The first-order chi connectivity index (χ1) is 7.45. The van der Waals surface area contributed by atoms with Gasteiger partial charge >= 0.3 is 11.9 Å². The topological polar surface area (TPSA) is 63.6 Å². The highest BCUT2D eigenvalue weighted by molar-refractivity contribution is 5.87. The number of carboxylic acid groups (broad SMARTS) is 1. The first kappa shape index (κ1) is 11.4. The molecule has 0 spiro atoms. The molecular weight excluding hydrogens is 208 g/mol. The van der Waals surface area contributed by atoms with Gasteiger partial charge in [-0.1, -0.05) is 13.8 Å². The standard InChI is InChI=1S/C12H18O4/c1-7(2)5-8-6-12(11(14)15,9-3-4-9)16-10(8)13/h7-9H,3-6H2,1-2H3,(H,14,15). The molecule has 90 valence electrons. The summed E-state index contributed by atoms with van der Waals surface area (Å²) in [7, 11) is 0. The number of aliphatic carboxylic acids is 1. The molecule has 0 aromatic heterocycles. The van der Waals surface area contributed by atoms with E-state index >= 15 is 0 Å². The van der Waals surface area contributed by atoms with Crippen molar-refractivity contribution in [2.24, 2.45) is 17.8 Å². The zero-order valence-corrected chi connectivity index (χ0v) is 9.73. The van der Waals surface area contributed by atoms with Crippen molar-refractivity contribution in [3.05, 3.63) is 0 Å². The summed E-state index contributed by atoms with van der Waals surface area (Å²) < 4.78 is 5.21. The lowest BCUT2D eigenvalue weighted by molar-refractivity contribution is -0.172. The summed E-state index contributed by atoms with van der Waals surface area (Å²) in [5, 5.41) is 9.27. The monoisotopic (exact) mass is 226 g/mol. The molecule has 2 fully saturated rings. The molecule has 0 bridgehead atoms. The van der Waals surface area contributed by atoms with E-state index in [2.05, 4.69) is 0 Å². The number of carboxylic acids is 1. The van der Waals surface area contributed by atoms with E-state index in [9.17, 15) is 14.7 Å². The van der Waals surface area contributed by atoms with Crippen LogP contribution in [0.4, 0.5) is 0 Å². The van der Waals surface area contributed by atoms with E-state index in [4.69, 9.17) is 4.74 Å². The van der Waals surface area contributed by atoms with Gasteiger partial charge in [0.1, 0.15) is 0 Å². The summed E-state index contributed by atoms with van der Waals surface area (Å²) in [6.07, 6.45) is 2.83. The Morgan fingerprint density at radius 2 is 2.19 bits per heavy atom. The maximum Gasteiger partial charge on any atom is 0.348 e. The van der Waals surface area contributed by atoms with Crippen LogP contribution in [0.1, 0.15) is 39.5 Å². The van der Waals surface area contributed by atoms with Gasteiger partial charge in [0, 0.05) is 12.3 Å². The summed E-state index contributed by atoms with van der Waals surface area (Å²) in [5.41, 5.74) is -1.20. The number of hydrogen-bond acceptors (Lipinski definition) is 3. The number of cyclic esters (lactones) is 1. The predicted octanol–water partition coefficient (Wildman–Crippen LogP) is 1.83. The molecule has 4 nitrogen and oxygen atoms in total. The number of carbonyl (C=O) groups is 2.